The highest BCUT2D eigenvalue weighted by atomic mass is 16.7. The van der Waals surface area contributed by atoms with Gasteiger partial charge in [0.1, 0.15) is 5.92 Å². The third kappa shape index (κ3) is 3.85. The molecule has 5 rings (SSSR count). The molecule has 0 radical (unpaired) electrons. The van der Waals surface area contributed by atoms with E-state index >= 15 is 0 Å². The molecule has 1 saturated heterocycles. The van der Waals surface area contributed by atoms with E-state index in [4.69, 9.17) is 28.4 Å². The van der Waals surface area contributed by atoms with Gasteiger partial charge in [0, 0.05) is 5.92 Å². The quantitative estimate of drug-likeness (QED) is 0.456. The zero-order valence-corrected chi connectivity index (χ0v) is 20.1. The van der Waals surface area contributed by atoms with Crippen LogP contribution in [0.1, 0.15) is 36.9 Å². The minimum atomic E-state index is -2.07. The molecule has 1 amide bonds. The molecule has 1 fully saturated rings. The number of benzene rings is 2. The van der Waals surface area contributed by atoms with Crippen molar-refractivity contribution in [3.05, 3.63) is 47.5 Å². The molecule has 192 valence electrons. The molecular weight excluding hydrogens is 484 g/mol. The molecule has 37 heavy (non-hydrogen) atoms. The molecule has 4 atom stereocenters. The molecule has 0 spiro atoms. The van der Waals surface area contributed by atoms with Crippen molar-refractivity contribution in [3.8, 4) is 29.1 Å². The first-order valence-corrected chi connectivity index (χ1v) is 11.8. The van der Waals surface area contributed by atoms with Gasteiger partial charge in [0.15, 0.2) is 28.4 Å². The summed E-state index contributed by atoms with van der Waals surface area (Å²) in [4.78, 5) is 40.5. The van der Waals surface area contributed by atoms with E-state index in [0.717, 1.165) is 0 Å². The van der Waals surface area contributed by atoms with E-state index in [0.29, 0.717) is 34.1 Å². The number of nitriles is 1. The van der Waals surface area contributed by atoms with Crippen LogP contribution in [0.15, 0.2) is 36.4 Å². The van der Waals surface area contributed by atoms with Crippen LogP contribution in [0.2, 0.25) is 0 Å². The lowest BCUT2D eigenvalue weighted by atomic mass is 9.59. The van der Waals surface area contributed by atoms with Gasteiger partial charge in [0.25, 0.3) is 0 Å². The average molecular weight is 508 g/mol. The Balaban J connectivity index is 1.74. The summed E-state index contributed by atoms with van der Waals surface area (Å²) in [7, 11) is 0. The highest BCUT2D eigenvalue weighted by Gasteiger charge is 2.64. The second-order valence-corrected chi connectivity index (χ2v) is 8.58. The Hall–Kier alpha value is -4.46. The van der Waals surface area contributed by atoms with Crippen LogP contribution in [0.3, 0.4) is 0 Å². The van der Waals surface area contributed by atoms with Crippen molar-refractivity contribution in [2.75, 3.05) is 26.8 Å². The van der Waals surface area contributed by atoms with Crippen molar-refractivity contribution in [3.63, 3.8) is 0 Å². The van der Waals surface area contributed by atoms with E-state index < -0.39 is 41.1 Å². The van der Waals surface area contributed by atoms with Gasteiger partial charge in [-0.25, -0.2) is 0 Å². The summed E-state index contributed by atoms with van der Waals surface area (Å²) < 4.78 is 32.4. The molecule has 0 bridgehead atoms. The fourth-order valence-corrected chi connectivity index (χ4v) is 5.09. The lowest BCUT2D eigenvalue weighted by Gasteiger charge is -2.46. The van der Waals surface area contributed by atoms with Crippen LogP contribution >= 0.6 is 0 Å². The molecule has 0 saturated carbocycles. The minimum absolute atomic E-state index is 0.00101. The average Bonchev–Trinajstić information content (AvgIpc) is 3.56. The van der Waals surface area contributed by atoms with Crippen LogP contribution in [0.25, 0.3) is 0 Å². The molecule has 11 heteroatoms. The Kier molecular flexibility index (Phi) is 6.25. The molecule has 4 unspecified atom stereocenters. The third-order valence-corrected chi connectivity index (χ3v) is 6.67. The van der Waals surface area contributed by atoms with Gasteiger partial charge in [-0.15, -0.1) is 0 Å². The van der Waals surface area contributed by atoms with E-state index in [-0.39, 0.29) is 26.8 Å². The van der Waals surface area contributed by atoms with Crippen LogP contribution in [0.4, 0.5) is 0 Å². The number of carbonyl (C=O) groups excluding carboxylic acids is 3. The Morgan fingerprint density at radius 2 is 1.51 bits per heavy atom. The van der Waals surface area contributed by atoms with E-state index in [9.17, 15) is 19.6 Å². The number of rotatable bonds is 6. The summed E-state index contributed by atoms with van der Waals surface area (Å²) in [5.41, 5.74) is -1.32. The number of amides is 1. The van der Waals surface area contributed by atoms with Gasteiger partial charge < -0.3 is 33.7 Å². The van der Waals surface area contributed by atoms with Crippen molar-refractivity contribution >= 4 is 17.8 Å². The predicted octanol–water partition coefficient (Wildman–Crippen LogP) is 2.35. The van der Waals surface area contributed by atoms with Gasteiger partial charge >= 0.3 is 11.9 Å². The van der Waals surface area contributed by atoms with Crippen LogP contribution in [-0.4, -0.2) is 44.6 Å². The number of piperidine rings is 1. The number of fused-ring (bicyclic) bond motifs is 2. The highest BCUT2D eigenvalue weighted by Crippen LogP contribution is 2.55. The van der Waals surface area contributed by atoms with Gasteiger partial charge in [-0.2, -0.15) is 5.26 Å². The van der Waals surface area contributed by atoms with Crippen molar-refractivity contribution in [1.82, 2.24) is 5.32 Å². The number of carbonyl (C=O) groups is 3. The molecule has 3 heterocycles. The number of nitrogens with one attached hydrogen (secondary N) is 1. The molecule has 11 nitrogen and oxygen atoms in total. The van der Waals surface area contributed by atoms with E-state index in [2.05, 4.69) is 11.4 Å². The maximum atomic E-state index is 13.8. The van der Waals surface area contributed by atoms with Crippen molar-refractivity contribution < 1.29 is 42.8 Å². The lowest BCUT2D eigenvalue weighted by Crippen LogP contribution is -2.60. The molecule has 0 aliphatic carbocycles. The van der Waals surface area contributed by atoms with Gasteiger partial charge in [0.05, 0.1) is 25.3 Å². The second kappa shape index (κ2) is 9.54. The highest BCUT2D eigenvalue weighted by molar-refractivity contribution is 6.02. The van der Waals surface area contributed by atoms with Gasteiger partial charge in [-0.05, 0) is 49.2 Å². The normalized spacial score (nSPS) is 25.1. The number of hydrogen-bond acceptors (Lipinski definition) is 10. The van der Waals surface area contributed by atoms with Crippen molar-refractivity contribution in [2.24, 2.45) is 11.3 Å². The number of esters is 2. The zero-order chi connectivity index (χ0) is 26.2. The summed E-state index contributed by atoms with van der Waals surface area (Å²) in [6.45, 7) is 3.20. The monoisotopic (exact) mass is 508 g/mol. The minimum Gasteiger partial charge on any atom is -0.465 e. The van der Waals surface area contributed by atoms with Crippen LogP contribution in [0.5, 0.6) is 23.0 Å². The molecule has 1 N–H and O–H groups in total. The zero-order valence-electron chi connectivity index (χ0n) is 20.1. The molecule has 3 aliphatic heterocycles. The molecule has 3 aliphatic rings. The topological polar surface area (TPSA) is 142 Å². The van der Waals surface area contributed by atoms with Crippen LogP contribution < -0.4 is 24.3 Å². The maximum absolute atomic E-state index is 13.8. The molecule has 0 aromatic heterocycles. The number of nitrogens with zero attached hydrogens (tertiary/aromatic N) is 1. The first-order valence-electron chi connectivity index (χ1n) is 11.8. The maximum Gasteiger partial charge on any atom is 0.329 e. The Labute approximate surface area is 212 Å². The third-order valence-electron chi connectivity index (χ3n) is 6.67. The SMILES string of the molecule is CCOC(=O)C1C(=O)NC(c2ccc3c(c2)OCO3)C(C#N)(C(=O)OCC)C1c1ccc2c(c1)OCO2. The standard InChI is InChI=1S/C26H24N2O9/c1-3-32-24(30)20-21(14-5-7-16-18(9-14)36-12-34-16)26(11-27,25(31)33-4-2)22(28-23(20)29)15-6-8-17-19(10-15)37-13-35-17/h5-10,20-22H,3-4,12-13H2,1-2H3,(H,28,29). The Bertz CT molecular complexity index is 1300. The van der Waals surface area contributed by atoms with E-state index in [1.54, 1.807) is 50.2 Å². The summed E-state index contributed by atoms with van der Waals surface area (Å²) in [5, 5.41) is 13.5. The number of ether oxygens (including phenoxy) is 6. The second-order valence-electron chi connectivity index (χ2n) is 8.58. The van der Waals surface area contributed by atoms with Gasteiger partial charge in [0.2, 0.25) is 19.5 Å². The van der Waals surface area contributed by atoms with E-state index in [1.807, 2.05) is 0 Å². The van der Waals surface area contributed by atoms with Crippen LogP contribution in [-0.2, 0) is 23.9 Å². The molecule has 2 aromatic rings. The first-order chi connectivity index (χ1) is 17.9. The first kappa shape index (κ1) is 24.2. The van der Waals surface area contributed by atoms with E-state index in [1.165, 1.54) is 0 Å². The summed E-state index contributed by atoms with van der Waals surface area (Å²) in [5.74, 6) is -3.55. The Morgan fingerprint density at radius 3 is 2.11 bits per heavy atom. The molecule has 2 aromatic carbocycles. The smallest absolute Gasteiger partial charge is 0.329 e. The fraction of sp³-hybridized carbons (Fsp3) is 0.385. The summed E-state index contributed by atoms with van der Waals surface area (Å²) >= 11 is 0. The summed E-state index contributed by atoms with van der Waals surface area (Å²) in [6.07, 6.45) is 0. The van der Waals surface area contributed by atoms with Gasteiger partial charge in [-0.3, -0.25) is 14.4 Å². The number of hydrogen-bond donors (Lipinski definition) is 1. The summed E-state index contributed by atoms with van der Waals surface area (Å²) in [6, 6.07) is 10.6. The van der Waals surface area contributed by atoms with Gasteiger partial charge in [-0.1, -0.05) is 12.1 Å². The van der Waals surface area contributed by atoms with Crippen LogP contribution in [0, 0.1) is 22.7 Å². The molecular formula is C26H24N2O9. The van der Waals surface area contributed by atoms with Crippen molar-refractivity contribution in [1.29, 1.82) is 5.26 Å². The fourth-order valence-electron chi connectivity index (χ4n) is 5.09. The Morgan fingerprint density at radius 1 is 0.946 bits per heavy atom. The largest absolute Gasteiger partial charge is 0.465 e. The predicted molar refractivity (Wildman–Crippen MR) is 124 cm³/mol. The van der Waals surface area contributed by atoms with Crippen molar-refractivity contribution in [2.45, 2.75) is 25.8 Å². The lowest BCUT2D eigenvalue weighted by molar-refractivity contribution is -0.166.